The first-order valence-electron chi connectivity index (χ1n) is 9.07. The molecule has 2 aromatic rings. The Morgan fingerprint density at radius 2 is 2.00 bits per heavy atom. The highest BCUT2D eigenvalue weighted by atomic mass is 16.5. The molecule has 4 rings (SSSR count). The Hall–Kier alpha value is -2.37. The highest BCUT2D eigenvalue weighted by Crippen LogP contribution is 2.39. The molecule has 1 fully saturated rings. The molecule has 6 heteroatoms. The van der Waals surface area contributed by atoms with Crippen LogP contribution in [0.25, 0.3) is 0 Å². The zero-order valence-corrected chi connectivity index (χ0v) is 14.6. The molecule has 2 heterocycles. The van der Waals surface area contributed by atoms with Crippen LogP contribution in [0.4, 0.5) is 0 Å². The van der Waals surface area contributed by atoms with Crippen molar-refractivity contribution in [2.45, 2.75) is 57.0 Å². The lowest BCUT2D eigenvalue weighted by Crippen LogP contribution is -2.36. The van der Waals surface area contributed by atoms with Gasteiger partial charge in [0.2, 0.25) is 5.91 Å². The van der Waals surface area contributed by atoms with Gasteiger partial charge in [-0.1, -0.05) is 12.1 Å². The van der Waals surface area contributed by atoms with Gasteiger partial charge in [-0.25, -0.2) is 0 Å². The van der Waals surface area contributed by atoms with Crippen molar-refractivity contribution in [3.05, 3.63) is 41.5 Å². The maximum absolute atomic E-state index is 12.4. The Morgan fingerprint density at radius 1 is 1.20 bits per heavy atom. The third-order valence-electron chi connectivity index (χ3n) is 5.10. The van der Waals surface area contributed by atoms with E-state index in [0.29, 0.717) is 12.3 Å². The van der Waals surface area contributed by atoms with Gasteiger partial charge in [-0.3, -0.25) is 4.79 Å². The quantitative estimate of drug-likeness (QED) is 0.906. The van der Waals surface area contributed by atoms with Crippen molar-refractivity contribution in [3.63, 3.8) is 0 Å². The van der Waals surface area contributed by atoms with Crippen LogP contribution < -0.4 is 10.1 Å². The molecule has 1 aliphatic heterocycles. The molecule has 1 aliphatic carbocycles. The van der Waals surface area contributed by atoms with Crippen molar-refractivity contribution in [2.75, 3.05) is 7.11 Å². The summed E-state index contributed by atoms with van der Waals surface area (Å²) in [4.78, 5) is 12.4. The first-order chi connectivity index (χ1) is 12.2. The van der Waals surface area contributed by atoms with Gasteiger partial charge in [0.1, 0.15) is 17.4 Å². The fourth-order valence-electron chi connectivity index (χ4n) is 3.51. The zero-order chi connectivity index (χ0) is 17.2. The molecule has 6 nitrogen and oxygen atoms in total. The predicted octanol–water partition coefficient (Wildman–Crippen LogP) is 2.23. The minimum Gasteiger partial charge on any atom is -0.497 e. The van der Waals surface area contributed by atoms with E-state index in [9.17, 15) is 4.79 Å². The summed E-state index contributed by atoms with van der Waals surface area (Å²) in [5.74, 6) is 3.73. The number of aryl methyl sites for hydroxylation is 1. The van der Waals surface area contributed by atoms with Gasteiger partial charge in [0.05, 0.1) is 13.5 Å². The van der Waals surface area contributed by atoms with Crippen LogP contribution in [0.3, 0.4) is 0 Å². The van der Waals surface area contributed by atoms with Gasteiger partial charge in [-0.2, -0.15) is 0 Å². The molecule has 1 atom stereocenters. The molecule has 0 spiro atoms. The number of ether oxygens (including phenoxy) is 1. The van der Waals surface area contributed by atoms with Crippen LogP contribution >= 0.6 is 0 Å². The van der Waals surface area contributed by atoms with E-state index in [4.69, 9.17) is 4.74 Å². The second-order valence-corrected chi connectivity index (χ2v) is 7.02. The number of carbonyl (C=O) groups is 1. The van der Waals surface area contributed by atoms with E-state index in [2.05, 4.69) is 20.1 Å². The van der Waals surface area contributed by atoms with E-state index in [1.807, 2.05) is 24.3 Å². The topological polar surface area (TPSA) is 69.0 Å². The summed E-state index contributed by atoms with van der Waals surface area (Å²) in [5, 5.41) is 11.9. The van der Waals surface area contributed by atoms with Crippen LogP contribution in [0.15, 0.2) is 24.3 Å². The average molecular weight is 340 g/mol. The summed E-state index contributed by atoms with van der Waals surface area (Å²) < 4.78 is 7.43. The molecule has 1 aromatic heterocycles. The largest absolute Gasteiger partial charge is 0.497 e. The summed E-state index contributed by atoms with van der Waals surface area (Å²) >= 11 is 0. The van der Waals surface area contributed by atoms with E-state index in [0.717, 1.165) is 48.8 Å². The van der Waals surface area contributed by atoms with Crippen LogP contribution in [0.1, 0.15) is 48.8 Å². The number of rotatable bonds is 5. The number of nitrogens with one attached hydrogen (secondary N) is 1. The Morgan fingerprint density at radius 3 is 2.72 bits per heavy atom. The van der Waals surface area contributed by atoms with Crippen molar-refractivity contribution in [3.8, 4) is 5.75 Å². The van der Waals surface area contributed by atoms with Gasteiger partial charge in [-0.05, 0) is 43.4 Å². The SMILES string of the molecule is COc1ccc(CC(=O)NC2CCc3nnc(C4CC4)n3CC2)cc1. The number of carbonyl (C=O) groups excluding carboxylic acids is 1. The van der Waals surface area contributed by atoms with Crippen molar-refractivity contribution in [2.24, 2.45) is 0 Å². The van der Waals surface area contributed by atoms with Crippen molar-refractivity contribution in [1.82, 2.24) is 20.1 Å². The number of nitrogens with zero attached hydrogens (tertiary/aromatic N) is 3. The van der Waals surface area contributed by atoms with Crippen molar-refractivity contribution in [1.29, 1.82) is 0 Å². The molecule has 1 saturated carbocycles. The monoisotopic (exact) mass is 340 g/mol. The van der Waals surface area contributed by atoms with Crippen LogP contribution in [0.5, 0.6) is 5.75 Å². The number of amides is 1. The molecular formula is C19H24N4O2. The maximum atomic E-state index is 12.4. The Labute approximate surface area is 147 Å². The predicted molar refractivity (Wildman–Crippen MR) is 93.6 cm³/mol. The van der Waals surface area contributed by atoms with Gasteiger partial charge >= 0.3 is 0 Å². The summed E-state index contributed by atoms with van der Waals surface area (Å²) in [6.07, 6.45) is 5.63. The molecule has 1 aromatic carbocycles. The first-order valence-corrected chi connectivity index (χ1v) is 9.07. The molecule has 1 N–H and O–H groups in total. The van der Waals surface area contributed by atoms with Gasteiger partial charge in [0.25, 0.3) is 0 Å². The van der Waals surface area contributed by atoms with Crippen LogP contribution in [0, 0.1) is 0 Å². The minimum absolute atomic E-state index is 0.0789. The summed E-state index contributed by atoms with van der Waals surface area (Å²) in [6, 6.07) is 7.86. The molecule has 25 heavy (non-hydrogen) atoms. The van der Waals surface area contributed by atoms with Crippen molar-refractivity contribution < 1.29 is 9.53 Å². The summed E-state index contributed by atoms with van der Waals surface area (Å²) in [6.45, 7) is 0.904. The smallest absolute Gasteiger partial charge is 0.224 e. The van der Waals surface area contributed by atoms with Crippen LogP contribution in [-0.4, -0.2) is 33.8 Å². The molecular weight excluding hydrogens is 316 g/mol. The normalized spacial score (nSPS) is 19.8. The molecule has 1 amide bonds. The Kier molecular flexibility index (Phi) is 4.42. The fraction of sp³-hybridized carbons (Fsp3) is 0.526. The molecule has 0 saturated heterocycles. The zero-order valence-electron chi connectivity index (χ0n) is 14.6. The van der Waals surface area contributed by atoms with Gasteiger partial charge in [0, 0.05) is 24.9 Å². The van der Waals surface area contributed by atoms with E-state index in [1.165, 1.54) is 12.8 Å². The lowest BCUT2D eigenvalue weighted by Gasteiger charge is -2.16. The van der Waals surface area contributed by atoms with Gasteiger partial charge in [0.15, 0.2) is 0 Å². The van der Waals surface area contributed by atoms with E-state index >= 15 is 0 Å². The number of benzene rings is 1. The third-order valence-corrected chi connectivity index (χ3v) is 5.10. The minimum atomic E-state index is 0.0789. The number of methoxy groups -OCH3 is 1. The van der Waals surface area contributed by atoms with E-state index in [1.54, 1.807) is 7.11 Å². The number of fused-ring (bicyclic) bond motifs is 1. The lowest BCUT2D eigenvalue weighted by atomic mass is 10.1. The standard InChI is InChI=1S/C19H24N4O2/c1-25-16-7-2-13(3-8-16)12-18(24)20-15-6-9-17-21-22-19(14-4-5-14)23(17)11-10-15/h2-3,7-8,14-15H,4-6,9-12H2,1H3,(H,20,24). The van der Waals surface area contributed by atoms with Gasteiger partial charge in [-0.15, -0.1) is 10.2 Å². The summed E-state index contributed by atoms with van der Waals surface area (Å²) in [7, 11) is 1.64. The highest BCUT2D eigenvalue weighted by molar-refractivity contribution is 5.78. The van der Waals surface area contributed by atoms with Gasteiger partial charge < -0.3 is 14.6 Å². The van der Waals surface area contributed by atoms with Crippen molar-refractivity contribution >= 4 is 5.91 Å². The fourth-order valence-corrected chi connectivity index (χ4v) is 3.51. The average Bonchev–Trinajstić information content (AvgIpc) is 3.41. The van der Waals surface area contributed by atoms with E-state index < -0.39 is 0 Å². The molecule has 0 radical (unpaired) electrons. The van der Waals surface area contributed by atoms with Crippen LogP contribution in [-0.2, 0) is 24.2 Å². The number of hydrogen-bond donors (Lipinski definition) is 1. The molecule has 132 valence electrons. The number of aromatic nitrogens is 3. The highest BCUT2D eigenvalue weighted by Gasteiger charge is 2.31. The van der Waals surface area contributed by atoms with E-state index in [-0.39, 0.29) is 11.9 Å². The van der Waals surface area contributed by atoms with Crippen LogP contribution in [0.2, 0.25) is 0 Å². The number of hydrogen-bond acceptors (Lipinski definition) is 4. The third kappa shape index (κ3) is 3.67. The Bertz CT molecular complexity index is 749. The second-order valence-electron chi connectivity index (χ2n) is 7.02. The molecule has 0 bridgehead atoms. The summed E-state index contributed by atoms with van der Waals surface area (Å²) in [5.41, 5.74) is 1.00. The second kappa shape index (κ2) is 6.86. The maximum Gasteiger partial charge on any atom is 0.224 e. The first kappa shape index (κ1) is 16.1. The molecule has 1 unspecified atom stereocenters. The Balaban J connectivity index is 1.33. The lowest BCUT2D eigenvalue weighted by molar-refractivity contribution is -0.121. The molecule has 2 aliphatic rings.